The quantitative estimate of drug-likeness (QED) is 0.455. The van der Waals surface area contributed by atoms with Crippen molar-refractivity contribution in [2.45, 2.75) is 26.2 Å². The van der Waals surface area contributed by atoms with E-state index in [-0.39, 0.29) is 0 Å². The number of ether oxygens (including phenoxy) is 1. The molecule has 0 fully saturated rings. The topological polar surface area (TPSA) is 58.9 Å². The smallest absolute Gasteiger partial charge is 0.327 e. The highest BCUT2D eigenvalue weighted by molar-refractivity contribution is 7.39. The van der Waals surface area contributed by atoms with E-state index >= 15 is 0 Å². The molecule has 0 aliphatic heterocycles. The Morgan fingerprint density at radius 2 is 1.75 bits per heavy atom. The monoisotopic (exact) mass is 196 g/mol. The molecule has 0 atom stereocenters. The van der Waals surface area contributed by atoms with Gasteiger partial charge in [-0.3, -0.25) is 0 Å². The van der Waals surface area contributed by atoms with Crippen LogP contribution in [0.4, 0.5) is 0 Å². The first-order valence-corrected chi connectivity index (χ1v) is 5.32. The largest absolute Gasteiger partial charge is 0.381 e. The summed E-state index contributed by atoms with van der Waals surface area (Å²) in [5.41, 5.74) is 0. The molecule has 0 heterocycles. The third-order valence-corrected chi connectivity index (χ3v) is 1.70. The Morgan fingerprint density at radius 1 is 1.08 bits per heavy atom. The van der Waals surface area contributed by atoms with Crippen molar-refractivity contribution in [2.24, 2.45) is 0 Å². The van der Waals surface area contributed by atoms with Gasteiger partial charge < -0.3 is 19.0 Å². The van der Waals surface area contributed by atoms with Gasteiger partial charge in [0, 0.05) is 13.2 Å². The SMILES string of the molecule is CCCCOCCCOP(O)O. The van der Waals surface area contributed by atoms with Crippen LogP contribution in [0.25, 0.3) is 0 Å². The molecule has 0 unspecified atom stereocenters. The van der Waals surface area contributed by atoms with Gasteiger partial charge in [0.15, 0.2) is 0 Å². The molecular formula is C7H17O4P. The number of hydrogen-bond acceptors (Lipinski definition) is 4. The summed E-state index contributed by atoms with van der Waals surface area (Å²) in [5, 5.41) is 0. The molecule has 0 aromatic rings. The summed E-state index contributed by atoms with van der Waals surface area (Å²) in [5.74, 6) is 0. The predicted molar refractivity (Wildman–Crippen MR) is 47.7 cm³/mol. The van der Waals surface area contributed by atoms with Gasteiger partial charge in [-0.1, -0.05) is 13.3 Å². The maximum absolute atomic E-state index is 8.35. The summed E-state index contributed by atoms with van der Waals surface area (Å²) in [7, 11) is -2.18. The lowest BCUT2D eigenvalue weighted by Gasteiger charge is -2.04. The van der Waals surface area contributed by atoms with E-state index in [9.17, 15) is 0 Å². The van der Waals surface area contributed by atoms with Crippen molar-refractivity contribution >= 4 is 8.60 Å². The molecule has 0 aliphatic rings. The lowest BCUT2D eigenvalue weighted by atomic mass is 10.4. The summed E-state index contributed by atoms with van der Waals surface area (Å²) in [6.45, 7) is 3.87. The summed E-state index contributed by atoms with van der Waals surface area (Å²) in [4.78, 5) is 16.7. The number of rotatable bonds is 8. The van der Waals surface area contributed by atoms with Crippen LogP contribution >= 0.6 is 8.60 Å². The van der Waals surface area contributed by atoms with Gasteiger partial charge in [0.1, 0.15) is 0 Å². The highest BCUT2D eigenvalue weighted by Gasteiger charge is 1.97. The fraction of sp³-hybridized carbons (Fsp3) is 1.00. The Kier molecular flexibility index (Phi) is 9.57. The fourth-order valence-corrected chi connectivity index (χ4v) is 0.948. The highest BCUT2D eigenvalue weighted by Crippen LogP contribution is 2.23. The van der Waals surface area contributed by atoms with Crippen LogP contribution in [0.1, 0.15) is 26.2 Å². The molecule has 2 N–H and O–H groups in total. The summed E-state index contributed by atoms with van der Waals surface area (Å²) < 4.78 is 9.76. The Hall–Kier alpha value is 0.270. The first kappa shape index (κ1) is 12.3. The minimum atomic E-state index is -2.18. The Morgan fingerprint density at radius 3 is 2.33 bits per heavy atom. The van der Waals surface area contributed by atoms with Crippen LogP contribution in [-0.2, 0) is 9.26 Å². The summed E-state index contributed by atoms with van der Waals surface area (Å²) in [6, 6.07) is 0. The molecule has 0 aromatic heterocycles. The predicted octanol–water partition coefficient (Wildman–Crippen LogP) is 1.42. The average molecular weight is 196 g/mol. The lowest BCUT2D eigenvalue weighted by molar-refractivity contribution is 0.114. The maximum Gasteiger partial charge on any atom is 0.327 e. The molecule has 74 valence electrons. The van der Waals surface area contributed by atoms with E-state index in [0.29, 0.717) is 19.6 Å². The average Bonchev–Trinajstić information content (AvgIpc) is 2.02. The van der Waals surface area contributed by atoms with Crippen molar-refractivity contribution in [3.05, 3.63) is 0 Å². The maximum atomic E-state index is 8.35. The molecule has 0 rings (SSSR count). The van der Waals surface area contributed by atoms with Gasteiger partial charge >= 0.3 is 8.60 Å². The summed E-state index contributed by atoms with van der Waals surface area (Å²) >= 11 is 0. The van der Waals surface area contributed by atoms with Gasteiger partial charge in [0.2, 0.25) is 0 Å². The van der Waals surface area contributed by atoms with Gasteiger partial charge in [-0.15, -0.1) is 0 Å². The fourth-order valence-electron chi connectivity index (χ4n) is 0.656. The zero-order valence-electron chi connectivity index (χ0n) is 7.40. The van der Waals surface area contributed by atoms with Crippen molar-refractivity contribution in [1.82, 2.24) is 0 Å². The van der Waals surface area contributed by atoms with Crippen LogP contribution in [0, 0.1) is 0 Å². The van der Waals surface area contributed by atoms with Crippen LogP contribution in [0.5, 0.6) is 0 Å². The second-order valence-electron chi connectivity index (χ2n) is 2.41. The van der Waals surface area contributed by atoms with Crippen molar-refractivity contribution < 1.29 is 19.0 Å². The zero-order valence-corrected chi connectivity index (χ0v) is 8.30. The molecule has 0 spiro atoms. The molecular weight excluding hydrogens is 179 g/mol. The van der Waals surface area contributed by atoms with E-state index in [2.05, 4.69) is 11.4 Å². The van der Waals surface area contributed by atoms with E-state index in [1.54, 1.807) is 0 Å². The van der Waals surface area contributed by atoms with Crippen molar-refractivity contribution in [3.63, 3.8) is 0 Å². The van der Waals surface area contributed by atoms with E-state index in [1.165, 1.54) is 0 Å². The minimum absolute atomic E-state index is 0.352. The van der Waals surface area contributed by atoms with Crippen LogP contribution in [0.3, 0.4) is 0 Å². The standard InChI is InChI=1S/C7H17O4P/c1-2-3-5-10-6-4-7-11-12(8)9/h8-9H,2-7H2,1H3. The van der Waals surface area contributed by atoms with E-state index < -0.39 is 8.60 Å². The van der Waals surface area contributed by atoms with E-state index in [1.807, 2.05) is 0 Å². The third-order valence-electron chi connectivity index (χ3n) is 1.28. The molecule has 0 aromatic carbocycles. The Bertz CT molecular complexity index is 89.5. The molecule has 0 radical (unpaired) electrons. The Balaban J connectivity index is 2.82. The third kappa shape index (κ3) is 10.3. The van der Waals surface area contributed by atoms with Crippen LogP contribution in [0.2, 0.25) is 0 Å². The second-order valence-corrected chi connectivity index (χ2v) is 3.17. The van der Waals surface area contributed by atoms with Crippen LogP contribution in [-0.4, -0.2) is 29.6 Å². The molecule has 0 bridgehead atoms. The van der Waals surface area contributed by atoms with Crippen LogP contribution < -0.4 is 0 Å². The molecule has 5 heteroatoms. The number of hydrogen-bond donors (Lipinski definition) is 2. The molecule has 0 amide bonds. The first-order valence-electron chi connectivity index (χ1n) is 4.16. The Labute approximate surface area is 74.5 Å². The second kappa shape index (κ2) is 9.36. The van der Waals surface area contributed by atoms with Crippen molar-refractivity contribution in [2.75, 3.05) is 19.8 Å². The zero-order chi connectivity index (χ0) is 9.23. The van der Waals surface area contributed by atoms with E-state index in [4.69, 9.17) is 14.5 Å². The van der Waals surface area contributed by atoms with Crippen molar-refractivity contribution in [3.8, 4) is 0 Å². The van der Waals surface area contributed by atoms with Crippen molar-refractivity contribution in [1.29, 1.82) is 0 Å². The molecule has 0 saturated carbocycles. The van der Waals surface area contributed by atoms with Gasteiger partial charge in [0.25, 0.3) is 0 Å². The van der Waals surface area contributed by atoms with Gasteiger partial charge in [-0.25, -0.2) is 0 Å². The first-order chi connectivity index (χ1) is 5.77. The van der Waals surface area contributed by atoms with Gasteiger partial charge in [-0.05, 0) is 12.8 Å². The number of unbranched alkanes of at least 4 members (excludes halogenated alkanes) is 1. The molecule has 4 nitrogen and oxygen atoms in total. The lowest BCUT2D eigenvalue weighted by Crippen LogP contribution is -2.00. The molecule has 0 aliphatic carbocycles. The highest BCUT2D eigenvalue weighted by atomic mass is 31.2. The van der Waals surface area contributed by atoms with Crippen LogP contribution in [0.15, 0.2) is 0 Å². The summed E-state index contributed by atoms with van der Waals surface area (Å²) in [6.07, 6.45) is 2.92. The molecule has 12 heavy (non-hydrogen) atoms. The van der Waals surface area contributed by atoms with Gasteiger partial charge in [-0.2, -0.15) is 0 Å². The normalized spacial score (nSPS) is 11.0. The minimum Gasteiger partial charge on any atom is -0.381 e. The van der Waals surface area contributed by atoms with Gasteiger partial charge in [0.05, 0.1) is 6.61 Å². The molecule has 0 saturated heterocycles. The van der Waals surface area contributed by atoms with E-state index in [0.717, 1.165) is 19.4 Å².